The van der Waals surface area contributed by atoms with E-state index in [4.69, 9.17) is 4.74 Å². The smallest absolute Gasteiger partial charge is 0.268 e. The van der Waals surface area contributed by atoms with Crippen molar-refractivity contribution in [2.45, 2.75) is 82.6 Å². The molecule has 1 saturated carbocycles. The van der Waals surface area contributed by atoms with E-state index in [-0.39, 0.29) is 37.3 Å². The Bertz CT molecular complexity index is 1590. The molecule has 0 unspecified atom stereocenters. The lowest BCUT2D eigenvalue weighted by molar-refractivity contribution is -0.134. The summed E-state index contributed by atoms with van der Waals surface area (Å²) in [7, 11) is 0. The van der Waals surface area contributed by atoms with Crippen molar-refractivity contribution in [3.05, 3.63) is 89.7 Å². The number of amides is 5. The van der Waals surface area contributed by atoms with E-state index in [2.05, 4.69) is 45.4 Å². The molecule has 5 amide bonds. The van der Waals surface area contributed by atoms with Crippen LogP contribution in [0.3, 0.4) is 0 Å². The van der Waals surface area contributed by atoms with Crippen LogP contribution in [-0.2, 0) is 32.0 Å². The van der Waals surface area contributed by atoms with Gasteiger partial charge in [-0.2, -0.15) is 0 Å². The summed E-state index contributed by atoms with van der Waals surface area (Å²) in [6, 6.07) is 16.6. The molecule has 1 aromatic heterocycles. The highest BCUT2D eigenvalue weighted by molar-refractivity contribution is 6.00. The van der Waals surface area contributed by atoms with Crippen LogP contribution in [0.2, 0.25) is 0 Å². The fourth-order valence-electron chi connectivity index (χ4n) is 5.72. The van der Waals surface area contributed by atoms with Gasteiger partial charge in [-0.05, 0) is 67.5 Å². The first-order valence-electron chi connectivity index (χ1n) is 16.4. The summed E-state index contributed by atoms with van der Waals surface area (Å²) in [4.78, 5) is 70.1. The molecule has 0 saturated heterocycles. The highest BCUT2D eigenvalue weighted by Gasteiger charge is 2.52. The zero-order valence-electron chi connectivity index (χ0n) is 27.5. The van der Waals surface area contributed by atoms with Crippen molar-refractivity contribution < 1.29 is 28.7 Å². The van der Waals surface area contributed by atoms with Gasteiger partial charge in [-0.3, -0.25) is 24.0 Å². The molecule has 1 aliphatic carbocycles. The van der Waals surface area contributed by atoms with Crippen molar-refractivity contribution in [3.8, 4) is 5.75 Å². The summed E-state index contributed by atoms with van der Waals surface area (Å²) in [5, 5.41) is 14.3. The third kappa shape index (κ3) is 9.02. The van der Waals surface area contributed by atoms with E-state index in [9.17, 15) is 24.0 Å². The average molecular weight is 657 g/mol. The number of aromatic nitrogens is 1. The first-order chi connectivity index (χ1) is 23.0. The molecular formula is C36H44N6O6. The lowest BCUT2D eigenvalue weighted by Gasteiger charge is -2.27. The molecule has 12 heteroatoms. The molecular weight excluding hydrogens is 612 g/mol. The Labute approximate surface area is 280 Å². The van der Waals surface area contributed by atoms with Gasteiger partial charge in [0.05, 0.1) is 6.04 Å². The Kier molecular flexibility index (Phi) is 10.8. The standard InChI is InChI=1S/C36H44N6O6/c1-22(2)18-26-21-48-27-13-11-25(12-14-27)20-29(40-32(44)28-10-7-17-37-28)33(45)38-23(3)31(43)42-36(15-16-36)35(47)41-30(34(46)39-26)19-24-8-5-4-6-9-24/h4-14,17,22-23,26,29-30,37H,15-16,18-21H2,1-3H3,(H,38,45)(H,39,46)(H,40,44)(H,41,47)(H,42,43)/t23-,26+,29+,30-/m1/s1. The van der Waals surface area contributed by atoms with Crippen LogP contribution in [0.4, 0.5) is 0 Å². The van der Waals surface area contributed by atoms with Crippen molar-refractivity contribution in [2.75, 3.05) is 6.61 Å². The second-order valence-electron chi connectivity index (χ2n) is 13.1. The van der Waals surface area contributed by atoms with Gasteiger partial charge in [0.2, 0.25) is 23.6 Å². The second-order valence-corrected chi connectivity index (χ2v) is 13.1. The quantitative estimate of drug-likeness (QED) is 0.222. The Morgan fingerprint density at radius 3 is 2.27 bits per heavy atom. The number of ether oxygens (including phenoxy) is 1. The minimum Gasteiger partial charge on any atom is -0.491 e. The molecule has 2 aliphatic heterocycles. The maximum atomic E-state index is 13.8. The van der Waals surface area contributed by atoms with Crippen molar-refractivity contribution in [1.29, 1.82) is 0 Å². The number of hydrogen-bond acceptors (Lipinski definition) is 6. The van der Waals surface area contributed by atoms with Gasteiger partial charge in [-0.25, -0.2) is 0 Å². The number of rotatable bonds is 6. The van der Waals surface area contributed by atoms with Crippen molar-refractivity contribution in [2.24, 2.45) is 5.92 Å². The average Bonchev–Trinajstić information content (AvgIpc) is 3.62. The van der Waals surface area contributed by atoms with Crippen LogP contribution < -0.4 is 31.3 Å². The fourth-order valence-corrected chi connectivity index (χ4v) is 5.72. The molecule has 12 nitrogen and oxygen atoms in total. The van der Waals surface area contributed by atoms with Gasteiger partial charge in [0.15, 0.2) is 0 Å². The van der Waals surface area contributed by atoms with Crippen LogP contribution in [0.15, 0.2) is 72.9 Å². The minimum atomic E-state index is -1.20. The molecule has 6 rings (SSSR count). The Hall–Kier alpha value is -5.13. The highest BCUT2D eigenvalue weighted by atomic mass is 16.5. The Morgan fingerprint density at radius 1 is 0.896 bits per heavy atom. The molecule has 1 spiro atoms. The number of carbonyl (C=O) groups excluding carboxylic acids is 5. The number of fused-ring (bicyclic) bond motifs is 15. The zero-order chi connectivity index (χ0) is 34.3. The molecule has 254 valence electrons. The van der Waals surface area contributed by atoms with E-state index in [0.717, 1.165) is 11.1 Å². The number of benzene rings is 2. The number of aromatic amines is 1. The first kappa shape index (κ1) is 34.2. The summed E-state index contributed by atoms with van der Waals surface area (Å²) in [6.07, 6.45) is 3.43. The van der Waals surface area contributed by atoms with Crippen molar-refractivity contribution in [1.82, 2.24) is 31.6 Å². The third-order valence-electron chi connectivity index (χ3n) is 8.58. The lowest BCUT2D eigenvalue weighted by atomic mass is 10.0. The largest absolute Gasteiger partial charge is 0.491 e. The van der Waals surface area contributed by atoms with Gasteiger partial charge in [0, 0.05) is 19.0 Å². The molecule has 6 N–H and O–H groups in total. The van der Waals surface area contributed by atoms with Gasteiger partial charge in [-0.15, -0.1) is 0 Å². The maximum absolute atomic E-state index is 13.8. The molecule has 3 heterocycles. The van der Waals surface area contributed by atoms with Gasteiger partial charge < -0.3 is 36.3 Å². The van der Waals surface area contributed by atoms with Crippen molar-refractivity contribution in [3.63, 3.8) is 0 Å². The van der Waals surface area contributed by atoms with Crippen LogP contribution in [0.1, 0.15) is 61.6 Å². The molecule has 3 aromatic rings. The summed E-state index contributed by atoms with van der Waals surface area (Å²) in [5.74, 6) is -1.56. The topological polar surface area (TPSA) is 171 Å². The van der Waals surface area contributed by atoms with Crippen LogP contribution in [0.25, 0.3) is 0 Å². The molecule has 3 aliphatic rings. The van der Waals surface area contributed by atoms with Gasteiger partial charge in [0.1, 0.15) is 41.7 Å². The van der Waals surface area contributed by atoms with Crippen LogP contribution >= 0.6 is 0 Å². The molecule has 1 fully saturated rings. The fraction of sp³-hybridized carbons (Fsp3) is 0.417. The first-order valence-corrected chi connectivity index (χ1v) is 16.4. The summed E-state index contributed by atoms with van der Waals surface area (Å²) >= 11 is 0. The van der Waals surface area contributed by atoms with E-state index in [1.54, 1.807) is 30.5 Å². The summed E-state index contributed by atoms with van der Waals surface area (Å²) in [5.41, 5.74) is 0.714. The monoisotopic (exact) mass is 656 g/mol. The molecule has 48 heavy (non-hydrogen) atoms. The van der Waals surface area contributed by atoms with E-state index >= 15 is 0 Å². The van der Waals surface area contributed by atoms with Gasteiger partial charge >= 0.3 is 0 Å². The number of nitrogens with one attached hydrogen (secondary N) is 6. The number of carbonyl (C=O) groups is 5. The van der Waals surface area contributed by atoms with Crippen molar-refractivity contribution >= 4 is 29.5 Å². The molecule has 4 atom stereocenters. The SMILES string of the molecule is CC(C)C[C@H]1COc2ccc(cc2)C[C@H](NC(=O)c2ccc[nH]2)C(=O)N[C@H](C)C(=O)NC2(CC2)C(=O)N[C@H](Cc2ccccc2)C(=O)N1. The van der Waals surface area contributed by atoms with E-state index in [1.165, 1.54) is 6.92 Å². The summed E-state index contributed by atoms with van der Waals surface area (Å²) in [6.45, 7) is 5.83. The third-order valence-corrected chi connectivity index (χ3v) is 8.58. The van der Waals surface area contributed by atoms with E-state index in [0.29, 0.717) is 30.7 Å². The maximum Gasteiger partial charge on any atom is 0.268 e. The predicted molar refractivity (Wildman–Crippen MR) is 179 cm³/mol. The highest BCUT2D eigenvalue weighted by Crippen LogP contribution is 2.36. The molecule has 2 aromatic carbocycles. The second kappa shape index (κ2) is 15.2. The van der Waals surface area contributed by atoms with E-state index in [1.807, 2.05) is 42.5 Å². The van der Waals surface area contributed by atoms with Crippen LogP contribution in [0, 0.1) is 5.92 Å². The molecule has 0 radical (unpaired) electrons. The van der Waals surface area contributed by atoms with Gasteiger partial charge in [0.25, 0.3) is 5.91 Å². The zero-order valence-corrected chi connectivity index (χ0v) is 27.5. The van der Waals surface area contributed by atoms with Crippen LogP contribution in [-0.4, -0.2) is 70.8 Å². The lowest BCUT2D eigenvalue weighted by Crippen LogP contribution is -2.59. The predicted octanol–water partition coefficient (Wildman–Crippen LogP) is 2.16. The van der Waals surface area contributed by atoms with Gasteiger partial charge in [-0.1, -0.05) is 56.3 Å². The number of H-pyrrole nitrogens is 1. The minimum absolute atomic E-state index is 0.147. The Balaban J connectivity index is 1.42. The van der Waals surface area contributed by atoms with Crippen LogP contribution in [0.5, 0.6) is 5.75 Å². The Morgan fingerprint density at radius 2 is 1.62 bits per heavy atom. The molecule has 2 bridgehead atoms. The summed E-state index contributed by atoms with van der Waals surface area (Å²) < 4.78 is 6.11. The number of hydrogen-bond donors (Lipinski definition) is 6. The van der Waals surface area contributed by atoms with E-state index < -0.39 is 47.3 Å². The normalized spacial score (nSPS) is 23.3.